The van der Waals surface area contributed by atoms with E-state index >= 15 is 0 Å². The number of nitrogens with one attached hydrogen (secondary N) is 3. The molecule has 2 heterocycles. The quantitative estimate of drug-likeness (QED) is 0.499. The summed E-state index contributed by atoms with van der Waals surface area (Å²) in [6, 6.07) is 6.50. The topological polar surface area (TPSA) is 136 Å². The Bertz CT molecular complexity index is 940. The molecule has 1 aromatic carbocycles. The summed E-state index contributed by atoms with van der Waals surface area (Å²) in [5.74, 6) is 0.155. The molecule has 10 heteroatoms. The number of nitrogens with zero attached hydrogens (tertiary/aromatic N) is 4. The number of H-pyrrole nitrogens is 1. The Kier molecular flexibility index (Phi) is 4.92. The molecule has 0 spiro atoms. The minimum Gasteiger partial charge on any atom is -0.463 e. The highest BCUT2D eigenvalue weighted by atomic mass is 16.4. The highest BCUT2D eigenvalue weighted by Crippen LogP contribution is 2.23. The number of carbonyl (C=O) groups excluding carboxylic acids is 1. The molecule has 4 N–H and O–H groups in total. The molecule has 0 bridgehead atoms. The molecule has 0 aliphatic heterocycles. The molecule has 2 amide bonds. The monoisotopic (exact) mass is 355 g/mol. The first-order chi connectivity index (χ1) is 12.6. The predicted molar refractivity (Wildman–Crippen MR) is 95.8 cm³/mol. The molecule has 3 rings (SSSR count). The van der Waals surface area contributed by atoms with E-state index in [1.807, 2.05) is 6.92 Å². The molecule has 10 nitrogen and oxygen atoms in total. The smallest absolute Gasteiger partial charge is 0.431 e. The van der Waals surface area contributed by atoms with Gasteiger partial charge in [0.1, 0.15) is 6.33 Å². The number of aromatic amines is 1. The van der Waals surface area contributed by atoms with Gasteiger partial charge in [0.2, 0.25) is 5.91 Å². The third-order valence-corrected chi connectivity index (χ3v) is 3.52. The maximum Gasteiger partial charge on any atom is 0.431 e. The van der Waals surface area contributed by atoms with Crippen LogP contribution in [0.3, 0.4) is 0 Å². The van der Waals surface area contributed by atoms with Crippen LogP contribution in [0.1, 0.15) is 19.8 Å². The number of anilines is 3. The summed E-state index contributed by atoms with van der Waals surface area (Å²) < 4.78 is 0. The summed E-state index contributed by atoms with van der Waals surface area (Å²) >= 11 is 0. The molecule has 0 aliphatic rings. The van der Waals surface area contributed by atoms with Crippen LogP contribution in [0.5, 0.6) is 0 Å². The van der Waals surface area contributed by atoms with Crippen LogP contribution in [0.25, 0.3) is 11.0 Å². The fourth-order valence-electron chi connectivity index (χ4n) is 2.36. The highest BCUT2D eigenvalue weighted by molar-refractivity contribution is 5.95. The lowest BCUT2D eigenvalue weighted by Gasteiger charge is -2.21. The second-order valence-corrected chi connectivity index (χ2v) is 5.43. The molecule has 0 aliphatic carbocycles. The Morgan fingerprint density at radius 3 is 2.92 bits per heavy atom. The van der Waals surface area contributed by atoms with E-state index in [9.17, 15) is 14.7 Å². The number of amides is 2. The molecule has 0 saturated carbocycles. The van der Waals surface area contributed by atoms with E-state index in [4.69, 9.17) is 0 Å². The van der Waals surface area contributed by atoms with Gasteiger partial charge in [-0.3, -0.25) is 15.3 Å². The zero-order valence-corrected chi connectivity index (χ0v) is 13.9. The molecule has 2 aromatic heterocycles. The molecule has 0 unspecified atom stereocenters. The van der Waals surface area contributed by atoms with Gasteiger partial charge in [0.25, 0.3) is 0 Å². The lowest BCUT2D eigenvalue weighted by atomic mass is 10.2. The van der Waals surface area contributed by atoms with Crippen molar-refractivity contribution in [2.24, 2.45) is 0 Å². The van der Waals surface area contributed by atoms with Gasteiger partial charge in [0.05, 0.1) is 17.3 Å². The predicted octanol–water partition coefficient (Wildman–Crippen LogP) is 2.60. The van der Waals surface area contributed by atoms with Crippen molar-refractivity contribution in [3.05, 3.63) is 36.8 Å². The van der Waals surface area contributed by atoms with Crippen LogP contribution in [0.15, 0.2) is 36.8 Å². The molecule has 3 aromatic rings. The van der Waals surface area contributed by atoms with Gasteiger partial charge < -0.3 is 10.4 Å². The number of benzene rings is 1. The minimum atomic E-state index is -1.24. The Balaban J connectivity index is 1.87. The van der Waals surface area contributed by atoms with E-state index in [1.165, 1.54) is 12.5 Å². The number of hydrogen-bond acceptors (Lipinski definition) is 6. The summed E-state index contributed by atoms with van der Waals surface area (Å²) in [7, 11) is 0. The van der Waals surface area contributed by atoms with Crippen LogP contribution < -0.4 is 15.8 Å². The number of aromatic nitrogens is 4. The van der Waals surface area contributed by atoms with Crippen LogP contribution in [0, 0.1) is 0 Å². The van der Waals surface area contributed by atoms with E-state index < -0.39 is 6.09 Å². The molecule has 0 fully saturated rings. The second-order valence-electron chi connectivity index (χ2n) is 5.43. The summed E-state index contributed by atoms with van der Waals surface area (Å²) in [5, 5.41) is 20.3. The van der Waals surface area contributed by atoms with Gasteiger partial charge in [0.15, 0.2) is 11.5 Å². The van der Waals surface area contributed by atoms with Crippen LogP contribution in [-0.4, -0.2) is 37.3 Å². The van der Waals surface area contributed by atoms with E-state index in [0.29, 0.717) is 28.8 Å². The van der Waals surface area contributed by atoms with E-state index in [0.717, 1.165) is 11.4 Å². The van der Waals surface area contributed by atoms with E-state index in [2.05, 4.69) is 30.9 Å². The van der Waals surface area contributed by atoms with Crippen LogP contribution >= 0.6 is 0 Å². The average molecular weight is 355 g/mol. The average Bonchev–Trinajstić information content (AvgIpc) is 3.09. The Morgan fingerprint density at radius 2 is 2.15 bits per heavy atom. The van der Waals surface area contributed by atoms with Crippen molar-refractivity contribution in [3.63, 3.8) is 0 Å². The van der Waals surface area contributed by atoms with Crippen LogP contribution in [0.4, 0.5) is 22.0 Å². The molecular formula is C16H17N7O3. The number of hydrazine groups is 1. The zero-order chi connectivity index (χ0) is 18.5. The van der Waals surface area contributed by atoms with Crippen molar-refractivity contribution >= 4 is 40.2 Å². The first kappa shape index (κ1) is 17.1. The number of fused-ring (bicyclic) bond motifs is 1. The van der Waals surface area contributed by atoms with Crippen molar-refractivity contribution in [3.8, 4) is 0 Å². The SMILES string of the molecule is CCCC(=O)Nc1cccc(N(Nc2ncnc3[nH]ncc23)C(=O)O)c1. The lowest BCUT2D eigenvalue weighted by molar-refractivity contribution is -0.116. The Labute approximate surface area is 148 Å². The largest absolute Gasteiger partial charge is 0.463 e. The van der Waals surface area contributed by atoms with E-state index in [-0.39, 0.29) is 11.7 Å². The molecule has 0 radical (unpaired) electrons. The maximum atomic E-state index is 11.8. The number of rotatable bonds is 6. The van der Waals surface area contributed by atoms with Crippen LogP contribution in [-0.2, 0) is 4.79 Å². The van der Waals surface area contributed by atoms with Crippen LogP contribution in [0.2, 0.25) is 0 Å². The minimum absolute atomic E-state index is 0.129. The second kappa shape index (κ2) is 7.47. The fraction of sp³-hybridized carbons (Fsp3) is 0.188. The van der Waals surface area contributed by atoms with Crippen molar-refractivity contribution in [1.82, 2.24) is 20.2 Å². The molecule has 134 valence electrons. The highest BCUT2D eigenvalue weighted by Gasteiger charge is 2.18. The van der Waals surface area contributed by atoms with Crippen molar-refractivity contribution in [1.29, 1.82) is 0 Å². The number of hydrogen-bond donors (Lipinski definition) is 4. The van der Waals surface area contributed by atoms with Gasteiger partial charge in [-0.25, -0.2) is 14.8 Å². The van der Waals surface area contributed by atoms with Gasteiger partial charge >= 0.3 is 6.09 Å². The summed E-state index contributed by atoms with van der Waals surface area (Å²) in [6.45, 7) is 1.91. The van der Waals surface area contributed by atoms with Gasteiger partial charge in [-0.1, -0.05) is 13.0 Å². The van der Waals surface area contributed by atoms with E-state index in [1.54, 1.807) is 24.3 Å². The third kappa shape index (κ3) is 3.69. The Morgan fingerprint density at radius 1 is 1.31 bits per heavy atom. The van der Waals surface area contributed by atoms with Crippen molar-refractivity contribution in [2.45, 2.75) is 19.8 Å². The zero-order valence-electron chi connectivity index (χ0n) is 13.9. The molecule has 0 saturated heterocycles. The molecular weight excluding hydrogens is 338 g/mol. The summed E-state index contributed by atoms with van der Waals surface area (Å²) in [4.78, 5) is 31.5. The first-order valence-electron chi connectivity index (χ1n) is 7.92. The maximum absolute atomic E-state index is 11.8. The third-order valence-electron chi connectivity index (χ3n) is 3.52. The molecule has 26 heavy (non-hydrogen) atoms. The number of carboxylic acid groups (broad SMARTS) is 1. The van der Waals surface area contributed by atoms with Gasteiger partial charge in [0, 0.05) is 12.1 Å². The first-order valence-corrected chi connectivity index (χ1v) is 7.92. The van der Waals surface area contributed by atoms with Gasteiger partial charge in [-0.2, -0.15) is 10.1 Å². The van der Waals surface area contributed by atoms with Crippen molar-refractivity contribution < 1.29 is 14.7 Å². The molecule has 0 atom stereocenters. The lowest BCUT2D eigenvalue weighted by Crippen LogP contribution is -2.35. The van der Waals surface area contributed by atoms with Gasteiger partial charge in [-0.05, 0) is 24.6 Å². The number of carbonyl (C=O) groups is 2. The summed E-state index contributed by atoms with van der Waals surface area (Å²) in [5.41, 5.74) is 4.05. The normalized spacial score (nSPS) is 10.5. The summed E-state index contributed by atoms with van der Waals surface area (Å²) in [6.07, 6.45) is 2.67. The van der Waals surface area contributed by atoms with Gasteiger partial charge in [-0.15, -0.1) is 0 Å². The van der Waals surface area contributed by atoms with Crippen molar-refractivity contribution in [2.75, 3.05) is 15.8 Å². The Hall–Kier alpha value is -3.69. The fourth-order valence-corrected chi connectivity index (χ4v) is 2.36. The standard InChI is InChI=1S/C16H17N7O3/c1-2-4-13(24)20-10-5-3-6-11(7-10)23(16(25)26)22-15-12-8-19-21-14(12)17-9-18-15/h3,5-9H,2,4H2,1H3,(H,20,24)(H,25,26)(H2,17,18,19,21,22).